The first-order chi connectivity index (χ1) is 9.20. The minimum Gasteiger partial charge on any atom is -0.397 e. The van der Waals surface area contributed by atoms with Gasteiger partial charge in [-0.05, 0) is 36.2 Å². The van der Waals surface area contributed by atoms with Crippen LogP contribution in [0.5, 0.6) is 0 Å². The second-order valence-electron chi connectivity index (χ2n) is 4.61. The zero-order valence-electron chi connectivity index (χ0n) is 11.1. The molecular formula is C16H19ClN2. The predicted octanol–water partition coefficient (Wildman–Crippen LogP) is 4.34. The fraction of sp³-hybridized carbons (Fsp3) is 0.250. The van der Waals surface area contributed by atoms with Crippen LogP contribution in [0.2, 0.25) is 5.02 Å². The number of halogens is 1. The number of para-hydroxylation sites is 2. The molecule has 0 bridgehead atoms. The van der Waals surface area contributed by atoms with Crippen molar-refractivity contribution in [2.45, 2.75) is 19.9 Å². The van der Waals surface area contributed by atoms with Gasteiger partial charge in [0.25, 0.3) is 0 Å². The van der Waals surface area contributed by atoms with Gasteiger partial charge in [-0.1, -0.05) is 42.8 Å². The van der Waals surface area contributed by atoms with E-state index >= 15 is 0 Å². The molecule has 2 aromatic rings. The highest BCUT2D eigenvalue weighted by Gasteiger charge is 2.09. The quantitative estimate of drug-likeness (QED) is 0.822. The van der Waals surface area contributed by atoms with Crippen molar-refractivity contribution in [2.24, 2.45) is 0 Å². The van der Waals surface area contributed by atoms with Crippen molar-refractivity contribution in [3.63, 3.8) is 0 Å². The zero-order valence-corrected chi connectivity index (χ0v) is 11.9. The minimum atomic E-state index is 0.769. The van der Waals surface area contributed by atoms with E-state index < -0.39 is 0 Å². The highest BCUT2D eigenvalue weighted by atomic mass is 35.5. The molecule has 0 aromatic heterocycles. The topological polar surface area (TPSA) is 29.3 Å². The number of hydrogen-bond acceptors (Lipinski definition) is 2. The van der Waals surface area contributed by atoms with E-state index in [2.05, 4.69) is 30.0 Å². The lowest BCUT2D eigenvalue weighted by molar-refractivity contribution is 0.768. The van der Waals surface area contributed by atoms with Gasteiger partial charge in [-0.15, -0.1) is 0 Å². The van der Waals surface area contributed by atoms with Gasteiger partial charge < -0.3 is 10.6 Å². The molecule has 0 amide bonds. The fourth-order valence-corrected chi connectivity index (χ4v) is 2.27. The highest BCUT2D eigenvalue weighted by Crippen LogP contribution is 2.24. The maximum Gasteiger partial charge on any atom is 0.0602 e. The zero-order chi connectivity index (χ0) is 13.7. The summed E-state index contributed by atoms with van der Waals surface area (Å²) in [5.74, 6) is 0. The molecule has 0 fully saturated rings. The standard InChI is InChI=1S/C16H19ClN2/c1-2-11-19(16-6-4-3-5-15(16)18)12-13-7-9-14(17)10-8-13/h3-10H,2,11-12,18H2,1H3. The number of benzene rings is 2. The summed E-state index contributed by atoms with van der Waals surface area (Å²) < 4.78 is 0. The van der Waals surface area contributed by atoms with Crippen molar-refractivity contribution in [3.8, 4) is 0 Å². The van der Waals surface area contributed by atoms with Crippen molar-refractivity contribution >= 4 is 23.0 Å². The Morgan fingerprint density at radius 3 is 2.37 bits per heavy atom. The largest absolute Gasteiger partial charge is 0.397 e. The highest BCUT2D eigenvalue weighted by molar-refractivity contribution is 6.30. The Labute approximate surface area is 119 Å². The predicted molar refractivity (Wildman–Crippen MR) is 83.6 cm³/mol. The van der Waals surface area contributed by atoms with Gasteiger partial charge in [0, 0.05) is 18.1 Å². The van der Waals surface area contributed by atoms with Crippen LogP contribution in [-0.4, -0.2) is 6.54 Å². The van der Waals surface area contributed by atoms with E-state index in [-0.39, 0.29) is 0 Å². The molecule has 0 radical (unpaired) electrons. The van der Waals surface area contributed by atoms with Gasteiger partial charge in [0.15, 0.2) is 0 Å². The molecule has 100 valence electrons. The Balaban J connectivity index is 2.21. The van der Waals surface area contributed by atoms with Crippen LogP contribution < -0.4 is 10.6 Å². The number of nitrogen functional groups attached to an aromatic ring is 1. The monoisotopic (exact) mass is 274 g/mol. The summed E-state index contributed by atoms with van der Waals surface area (Å²) in [5, 5.41) is 0.769. The van der Waals surface area contributed by atoms with Crippen molar-refractivity contribution in [2.75, 3.05) is 17.2 Å². The average molecular weight is 275 g/mol. The molecule has 0 saturated carbocycles. The lowest BCUT2D eigenvalue weighted by atomic mass is 10.1. The van der Waals surface area contributed by atoms with Crippen molar-refractivity contribution in [1.82, 2.24) is 0 Å². The molecule has 2 aromatic carbocycles. The Morgan fingerprint density at radius 2 is 1.74 bits per heavy atom. The maximum absolute atomic E-state index is 6.07. The summed E-state index contributed by atoms with van der Waals surface area (Å²) in [7, 11) is 0. The van der Waals surface area contributed by atoms with E-state index in [4.69, 9.17) is 17.3 Å². The average Bonchev–Trinajstić information content (AvgIpc) is 2.41. The third kappa shape index (κ3) is 3.65. The molecule has 0 atom stereocenters. The summed E-state index contributed by atoms with van der Waals surface area (Å²) >= 11 is 5.92. The molecule has 0 saturated heterocycles. The van der Waals surface area contributed by atoms with E-state index in [1.807, 2.05) is 30.3 Å². The Kier molecular flexibility index (Phi) is 4.69. The third-order valence-corrected chi connectivity index (χ3v) is 3.31. The second kappa shape index (κ2) is 6.48. The second-order valence-corrected chi connectivity index (χ2v) is 5.04. The van der Waals surface area contributed by atoms with Gasteiger partial charge in [0.1, 0.15) is 0 Å². The van der Waals surface area contributed by atoms with Crippen LogP contribution in [0.25, 0.3) is 0 Å². The molecule has 2 N–H and O–H groups in total. The summed E-state index contributed by atoms with van der Waals surface area (Å²) in [6.45, 7) is 4.00. The summed E-state index contributed by atoms with van der Waals surface area (Å²) in [5.41, 5.74) is 9.22. The third-order valence-electron chi connectivity index (χ3n) is 3.06. The van der Waals surface area contributed by atoms with Crippen molar-refractivity contribution in [1.29, 1.82) is 0 Å². The first-order valence-corrected chi connectivity index (χ1v) is 6.92. The number of anilines is 2. The van der Waals surface area contributed by atoms with E-state index in [0.29, 0.717) is 0 Å². The molecule has 0 heterocycles. The molecule has 0 aliphatic heterocycles. The van der Waals surface area contributed by atoms with E-state index in [1.54, 1.807) is 0 Å². The van der Waals surface area contributed by atoms with Crippen LogP contribution in [0.1, 0.15) is 18.9 Å². The van der Waals surface area contributed by atoms with Crippen LogP contribution in [0.15, 0.2) is 48.5 Å². The molecule has 0 aliphatic carbocycles. The molecule has 0 unspecified atom stereocenters. The maximum atomic E-state index is 6.07. The fourth-order valence-electron chi connectivity index (χ4n) is 2.14. The molecule has 2 nitrogen and oxygen atoms in total. The first-order valence-electron chi connectivity index (χ1n) is 6.54. The molecule has 0 spiro atoms. The first kappa shape index (κ1) is 13.8. The van der Waals surface area contributed by atoms with Crippen LogP contribution in [0.4, 0.5) is 11.4 Å². The lowest BCUT2D eigenvalue weighted by Gasteiger charge is -2.25. The van der Waals surface area contributed by atoms with Gasteiger partial charge in [-0.25, -0.2) is 0 Å². The SMILES string of the molecule is CCCN(Cc1ccc(Cl)cc1)c1ccccc1N. The van der Waals surface area contributed by atoms with Crippen LogP contribution >= 0.6 is 11.6 Å². The van der Waals surface area contributed by atoms with Gasteiger partial charge in [0.05, 0.1) is 11.4 Å². The summed E-state index contributed by atoms with van der Waals surface area (Å²) in [6, 6.07) is 16.0. The van der Waals surface area contributed by atoms with Crippen LogP contribution in [0, 0.1) is 0 Å². The number of nitrogens with zero attached hydrogens (tertiary/aromatic N) is 1. The smallest absolute Gasteiger partial charge is 0.0602 e. The summed E-state index contributed by atoms with van der Waals surface area (Å²) in [6.07, 6.45) is 1.09. The lowest BCUT2D eigenvalue weighted by Crippen LogP contribution is -2.24. The van der Waals surface area contributed by atoms with Crippen molar-refractivity contribution < 1.29 is 0 Å². The van der Waals surface area contributed by atoms with Gasteiger partial charge in [-0.2, -0.15) is 0 Å². The van der Waals surface area contributed by atoms with E-state index in [1.165, 1.54) is 5.56 Å². The van der Waals surface area contributed by atoms with Gasteiger partial charge in [-0.3, -0.25) is 0 Å². The van der Waals surface area contributed by atoms with Crippen molar-refractivity contribution in [3.05, 3.63) is 59.1 Å². The minimum absolute atomic E-state index is 0.769. The Bertz CT molecular complexity index is 523. The molecule has 3 heteroatoms. The number of hydrogen-bond donors (Lipinski definition) is 1. The molecule has 2 rings (SSSR count). The van der Waals surface area contributed by atoms with Gasteiger partial charge >= 0.3 is 0 Å². The van der Waals surface area contributed by atoms with Gasteiger partial charge in [0.2, 0.25) is 0 Å². The molecule has 0 aliphatic rings. The summed E-state index contributed by atoms with van der Waals surface area (Å²) in [4.78, 5) is 2.30. The number of rotatable bonds is 5. The Hall–Kier alpha value is -1.67. The Morgan fingerprint density at radius 1 is 1.05 bits per heavy atom. The normalized spacial score (nSPS) is 10.4. The van der Waals surface area contributed by atoms with E-state index in [9.17, 15) is 0 Å². The molecular weight excluding hydrogens is 256 g/mol. The van der Waals surface area contributed by atoms with Crippen LogP contribution in [0.3, 0.4) is 0 Å². The van der Waals surface area contributed by atoms with E-state index in [0.717, 1.165) is 35.9 Å². The number of nitrogens with two attached hydrogens (primary N) is 1. The van der Waals surface area contributed by atoms with Crippen LogP contribution in [-0.2, 0) is 6.54 Å². The molecule has 19 heavy (non-hydrogen) atoms.